The monoisotopic (exact) mass is 398 g/mol. The molecule has 3 heteroatoms. The SMILES string of the molecule is Cc1ccc(C2C(C[NH+]3CCOCC3)=C(c3ccccc3)Oc3ccccc32)cc1. The number of morpholine rings is 1. The summed E-state index contributed by atoms with van der Waals surface area (Å²) in [4.78, 5) is 1.56. The zero-order valence-corrected chi connectivity index (χ0v) is 17.4. The van der Waals surface area contributed by atoms with Gasteiger partial charge in [-0.3, -0.25) is 0 Å². The van der Waals surface area contributed by atoms with Crippen LogP contribution in [0.5, 0.6) is 5.75 Å². The van der Waals surface area contributed by atoms with E-state index in [0.717, 1.165) is 49.9 Å². The number of quaternary nitrogens is 1. The van der Waals surface area contributed by atoms with Gasteiger partial charge >= 0.3 is 0 Å². The molecule has 0 aliphatic carbocycles. The van der Waals surface area contributed by atoms with Gasteiger partial charge in [0, 0.05) is 22.6 Å². The number of benzene rings is 3. The Morgan fingerprint density at radius 1 is 0.833 bits per heavy atom. The van der Waals surface area contributed by atoms with Crippen LogP contribution in [-0.4, -0.2) is 32.8 Å². The molecule has 0 aromatic heterocycles. The summed E-state index contributed by atoms with van der Waals surface area (Å²) in [6.07, 6.45) is 0. The Morgan fingerprint density at radius 2 is 1.53 bits per heavy atom. The Hall–Kier alpha value is -2.88. The molecule has 1 saturated heterocycles. The molecule has 1 N–H and O–H groups in total. The zero-order chi connectivity index (χ0) is 20.3. The summed E-state index contributed by atoms with van der Waals surface area (Å²) in [6.45, 7) is 6.83. The average Bonchev–Trinajstić information content (AvgIpc) is 2.81. The summed E-state index contributed by atoms with van der Waals surface area (Å²) in [5.74, 6) is 2.17. The lowest BCUT2D eigenvalue weighted by Gasteiger charge is -2.34. The summed E-state index contributed by atoms with van der Waals surface area (Å²) in [5, 5.41) is 0. The largest absolute Gasteiger partial charge is 0.456 e. The number of hydrogen-bond donors (Lipinski definition) is 1. The van der Waals surface area contributed by atoms with Gasteiger partial charge < -0.3 is 14.4 Å². The topological polar surface area (TPSA) is 22.9 Å². The molecular formula is C27H28NO2+. The molecule has 0 radical (unpaired) electrons. The Balaban J connectivity index is 1.67. The van der Waals surface area contributed by atoms with E-state index in [1.807, 2.05) is 0 Å². The minimum atomic E-state index is 0.195. The van der Waals surface area contributed by atoms with E-state index in [0.29, 0.717) is 0 Å². The smallest absolute Gasteiger partial charge is 0.140 e. The fourth-order valence-electron chi connectivity index (χ4n) is 4.57. The molecule has 152 valence electrons. The van der Waals surface area contributed by atoms with Crippen molar-refractivity contribution in [1.29, 1.82) is 0 Å². The van der Waals surface area contributed by atoms with Crippen molar-refractivity contribution in [3.63, 3.8) is 0 Å². The molecule has 0 spiro atoms. The first-order valence-corrected chi connectivity index (χ1v) is 10.8. The van der Waals surface area contributed by atoms with Crippen LogP contribution in [0.4, 0.5) is 0 Å². The fourth-order valence-corrected chi connectivity index (χ4v) is 4.57. The second-order valence-electron chi connectivity index (χ2n) is 8.24. The van der Waals surface area contributed by atoms with Gasteiger partial charge in [0.2, 0.25) is 0 Å². The first-order chi connectivity index (χ1) is 14.8. The molecule has 0 amide bonds. The van der Waals surface area contributed by atoms with E-state index < -0.39 is 0 Å². The van der Waals surface area contributed by atoms with Gasteiger partial charge in [-0.2, -0.15) is 0 Å². The van der Waals surface area contributed by atoms with Crippen molar-refractivity contribution in [1.82, 2.24) is 0 Å². The third-order valence-electron chi connectivity index (χ3n) is 6.17. The Bertz CT molecular complexity index is 1030. The third kappa shape index (κ3) is 3.79. The van der Waals surface area contributed by atoms with Gasteiger partial charge in [-0.15, -0.1) is 0 Å². The highest BCUT2D eigenvalue weighted by atomic mass is 16.5. The number of para-hydroxylation sites is 1. The van der Waals surface area contributed by atoms with E-state index in [2.05, 4.69) is 85.8 Å². The van der Waals surface area contributed by atoms with Crippen molar-refractivity contribution in [3.05, 3.63) is 107 Å². The van der Waals surface area contributed by atoms with Crippen LogP contribution in [-0.2, 0) is 4.74 Å². The van der Waals surface area contributed by atoms with E-state index in [4.69, 9.17) is 9.47 Å². The highest BCUT2D eigenvalue weighted by Gasteiger charge is 2.34. The summed E-state index contributed by atoms with van der Waals surface area (Å²) >= 11 is 0. The maximum atomic E-state index is 6.58. The Morgan fingerprint density at radius 3 is 2.30 bits per heavy atom. The van der Waals surface area contributed by atoms with Gasteiger partial charge in [0.05, 0.1) is 13.2 Å². The number of hydrogen-bond acceptors (Lipinski definition) is 2. The fraction of sp³-hybridized carbons (Fsp3) is 0.259. The second kappa shape index (κ2) is 8.47. The second-order valence-corrected chi connectivity index (χ2v) is 8.24. The van der Waals surface area contributed by atoms with Crippen molar-refractivity contribution >= 4 is 5.76 Å². The lowest BCUT2D eigenvalue weighted by molar-refractivity contribution is -0.903. The summed E-state index contributed by atoms with van der Waals surface area (Å²) in [5.41, 5.74) is 6.37. The lowest BCUT2D eigenvalue weighted by atomic mass is 9.80. The van der Waals surface area contributed by atoms with Crippen LogP contribution in [0.1, 0.15) is 28.2 Å². The molecule has 0 saturated carbocycles. The minimum Gasteiger partial charge on any atom is -0.456 e. The molecule has 3 aromatic rings. The highest BCUT2D eigenvalue weighted by Crippen LogP contribution is 2.45. The maximum Gasteiger partial charge on any atom is 0.140 e. The van der Waals surface area contributed by atoms with Crippen LogP contribution in [0.15, 0.2) is 84.4 Å². The quantitative estimate of drug-likeness (QED) is 0.722. The molecule has 1 atom stereocenters. The van der Waals surface area contributed by atoms with E-state index >= 15 is 0 Å². The van der Waals surface area contributed by atoms with Gasteiger partial charge in [0.1, 0.15) is 31.1 Å². The molecule has 30 heavy (non-hydrogen) atoms. The van der Waals surface area contributed by atoms with E-state index in [1.165, 1.54) is 22.3 Å². The van der Waals surface area contributed by atoms with Gasteiger partial charge in [-0.1, -0.05) is 78.4 Å². The normalized spacial score (nSPS) is 19.3. The van der Waals surface area contributed by atoms with Gasteiger partial charge in [-0.25, -0.2) is 0 Å². The van der Waals surface area contributed by atoms with Crippen LogP contribution in [0.3, 0.4) is 0 Å². The Kier molecular flexibility index (Phi) is 5.39. The van der Waals surface area contributed by atoms with Gasteiger partial charge in [0.15, 0.2) is 0 Å². The molecular weight excluding hydrogens is 370 g/mol. The van der Waals surface area contributed by atoms with Crippen molar-refractivity contribution in [2.75, 3.05) is 32.8 Å². The first kappa shape index (κ1) is 19.1. The molecule has 3 nitrogen and oxygen atoms in total. The standard InChI is InChI=1S/C27H27NO2/c1-20-11-13-21(14-12-20)26-23-9-5-6-10-25(23)30-27(22-7-3-2-4-8-22)24(26)19-28-15-17-29-18-16-28/h2-14,26H,15-19H2,1H3/p+1. The highest BCUT2D eigenvalue weighted by molar-refractivity contribution is 5.72. The van der Waals surface area contributed by atoms with Gasteiger partial charge in [0.25, 0.3) is 0 Å². The van der Waals surface area contributed by atoms with E-state index in [9.17, 15) is 0 Å². The van der Waals surface area contributed by atoms with Crippen molar-refractivity contribution in [2.24, 2.45) is 0 Å². The summed E-state index contributed by atoms with van der Waals surface area (Å²) < 4.78 is 12.2. The molecule has 5 rings (SSSR count). The lowest BCUT2D eigenvalue weighted by Crippen LogP contribution is -3.14. The summed E-state index contributed by atoms with van der Waals surface area (Å²) in [6, 6.07) is 28.0. The zero-order valence-electron chi connectivity index (χ0n) is 17.4. The van der Waals surface area contributed by atoms with Crippen molar-refractivity contribution in [2.45, 2.75) is 12.8 Å². The van der Waals surface area contributed by atoms with Crippen LogP contribution < -0.4 is 9.64 Å². The predicted molar refractivity (Wildman–Crippen MR) is 120 cm³/mol. The van der Waals surface area contributed by atoms with Crippen molar-refractivity contribution < 1.29 is 14.4 Å². The van der Waals surface area contributed by atoms with Crippen LogP contribution in [0, 0.1) is 6.92 Å². The first-order valence-electron chi connectivity index (χ1n) is 10.8. The maximum absolute atomic E-state index is 6.58. The minimum absolute atomic E-state index is 0.195. The van der Waals surface area contributed by atoms with E-state index in [1.54, 1.807) is 4.90 Å². The summed E-state index contributed by atoms with van der Waals surface area (Å²) in [7, 11) is 0. The molecule has 2 aliphatic heterocycles. The Labute approximate surface area is 178 Å². The number of nitrogens with one attached hydrogen (secondary N) is 1. The predicted octanol–water partition coefficient (Wildman–Crippen LogP) is 3.85. The van der Waals surface area contributed by atoms with Gasteiger partial charge in [-0.05, 0) is 18.6 Å². The molecule has 2 heterocycles. The molecule has 2 aliphatic rings. The van der Waals surface area contributed by atoms with Crippen LogP contribution in [0.2, 0.25) is 0 Å². The molecule has 0 bridgehead atoms. The number of ether oxygens (including phenoxy) is 2. The number of aryl methyl sites for hydroxylation is 1. The van der Waals surface area contributed by atoms with Crippen molar-refractivity contribution in [3.8, 4) is 5.75 Å². The van der Waals surface area contributed by atoms with E-state index in [-0.39, 0.29) is 5.92 Å². The van der Waals surface area contributed by atoms with Crippen LogP contribution in [0.25, 0.3) is 5.76 Å². The molecule has 1 fully saturated rings. The number of rotatable bonds is 4. The van der Waals surface area contributed by atoms with Crippen LogP contribution >= 0.6 is 0 Å². The molecule has 1 unspecified atom stereocenters. The average molecular weight is 399 g/mol. The third-order valence-corrected chi connectivity index (χ3v) is 6.17. The number of fused-ring (bicyclic) bond motifs is 1. The molecule has 3 aromatic carbocycles.